The minimum atomic E-state index is 0.196. The molecule has 1 unspecified atom stereocenters. The fraction of sp³-hybridized carbons (Fsp3) is 0.417. The van der Waals surface area contributed by atoms with E-state index in [0.29, 0.717) is 0 Å². The molecule has 2 rings (SSSR count). The molecule has 0 saturated carbocycles. The normalized spacial score (nSPS) is 12.6. The van der Waals surface area contributed by atoms with Crippen LogP contribution in [0.5, 0.6) is 0 Å². The molecule has 5 nitrogen and oxygen atoms in total. The number of nitrogens with one attached hydrogen (secondary N) is 1. The van der Waals surface area contributed by atoms with Gasteiger partial charge in [-0.25, -0.2) is 4.98 Å². The van der Waals surface area contributed by atoms with Crippen LogP contribution in [0.3, 0.4) is 0 Å². The molecule has 2 aromatic rings. The topological polar surface area (TPSA) is 80.5 Å². The number of H-pyrrole nitrogens is 1. The molecule has 0 bridgehead atoms. The summed E-state index contributed by atoms with van der Waals surface area (Å²) in [7, 11) is 0. The molecular weight excluding hydrogens is 214 g/mol. The van der Waals surface area contributed by atoms with Crippen LogP contribution in [-0.4, -0.2) is 26.0 Å². The van der Waals surface area contributed by atoms with Crippen LogP contribution in [0.15, 0.2) is 18.6 Å². The highest BCUT2D eigenvalue weighted by molar-refractivity contribution is 5.55. The van der Waals surface area contributed by atoms with E-state index in [1.54, 1.807) is 18.6 Å². The summed E-state index contributed by atoms with van der Waals surface area (Å²) in [5.74, 6) is 0.947. The SMILES string of the molecule is Cc1nccnc1-c1cnc(CCC(C)N)[nH]1. The van der Waals surface area contributed by atoms with Crippen molar-refractivity contribution in [2.24, 2.45) is 5.73 Å². The zero-order chi connectivity index (χ0) is 12.3. The molecule has 0 saturated heterocycles. The van der Waals surface area contributed by atoms with Gasteiger partial charge in [0.2, 0.25) is 0 Å². The predicted molar refractivity (Wildman–Crippen MR) is 66.3 cm³/mol. The van der Waals surface area contributed by atoms with Gasteiger partial charge in [-0.15, -0.1) is 0 Å². The van der Waals surface area contributed by atoms with Gasteiger partial charge in [-0.3, -0.25) is 9.97 Å². The molecule has 0 aliphatic heterocycles. The molecule has 0 spiro atoms. The van der Waals surface area contributed by atoms with Crippen molar-refractivity contribution in [3.05, 3.63) is 30.1 Å². The van der Waals surface area contributed by atoms with Crippen molar-refractivity contribution >= 4 is 0 Å². The summed E-state index contributed by atoms with van der Waals surface area (Å²) in [6.07, 6.45) is 6.95. The molecule has 17 heavy (non-hydrogen) atoms. The van der Waals surface area contributed by atoms with Crippen LogP contribution in [0.25, 0.3) is 11.4 Å². The summed E-state index contributed by atoms with van der Waals surface area (Å²) in [6.45, 7) is 3.93. The number of aromatic nitrogens is 4. The second-order valence-electron chi connectivity index (χ2n) is 4.25. The van der Waals surface area contributed by atoms with Crippen LogP contribution < -0.4 is 5.73 Å². The summed E-state index contributed by atoms with van der Waals surface area (Å²) in [5.41, 5.74) is 8.38. The fourth-order valence-electron chi connectivity index (χ4n) is 1.65. The third kappa shape index (κ3) is 2.88. The Morgan fingerprint density at radius 3 is 2.76 bits per heavy atom. The highest BCUT2D eigenvalue weighted by Crippen LogP contribution is 2.16. The Kier molecular flexibility index (Phi) is 3.49. The van der Waals surface area contributed by atoms with Crippen LogP contribution in [0.1, 0.15) is 24.9 Å². The van der Waals surface area contributed by atoms with Crippen molar-refractivity contribution in [1.82, 2.24) is 19.9 Å². The number of nitrogens with two attached hydrogens (primary N) is 1. The number of hydrogen-bond acceptors (Lipinski definition) is 4. The number of rotatable bonds is 4. The predicted octanol–water partition coefficient (Wildman–Crippen LogP) is 1.45. The summed E-state index contributed by atoms with van der Waals surface area (Å²) < 4.78 is 0. The van der Waals surface area contributed by atoms with E-state index in [2.05, 4.69) is 19.9 Å². The molecule has 1 atom stereocenters. The molecule has 90 valence electrons. The van der Waals surface area contributed by atoms with Gasteiger partial charge in [-0.05, 0) is 20.3 Å². The summed E-state index contributed by atoms with van der Waals surface area (Å²) in [6, 6.07) is 0.196. The van der Waals surface area contributed by atoms with Gasteiger partial charge in [0.05, 0.1) is 17.6 Å². The van der Waals surface area contributed by atoms with Crippen molar-refractivity contribution in [3.8, 4) is 11.4 Å². The maximum atomic E-state index is 5.72. The summed E-state index contributed by atoms with van der Waals surface area (Å²) in [5, 5.41) is 0. The second-order valence-corrected chi connectivity index (χ2v) is 4.25. The van der Waals surface area contributed by atoms with Crippen LogP contribution in [0, 0.1) is 6.92 Å². The van der Waals surface area contributed by atoms with Gasteiger partial charge in [0, 0.05) is 24.9 Å². The number of aryl methyl sites for hydroxylation is 2. The molecule has 2 heterocycles. The molecule has 0 aliphatic rings. The third-order valence-corrected chi connectivity index (χ3v) is 2.60. The third-order valence-electron chi connectivity index (χ3n) is 2.60. The Bertz CT molecular complexity index is 489. The van der Waals surface area contributed by atoms with Gasteiger partial charge in [0.15, 0.2) is 0 Å². The largest absolute Gasteiger partial charge is 0.341 e. The van der Waals surface area contributed by atoms with Crippen LogP contribution in [-0.2, 0) is 6.42 Å². The van der Waals surface area contributed by atoms with Crippen LogP contribution in [0.2, 0.25) is 0 Å². The maximum Gasteiger partial charge on any atom is 0.109 e. The van der Waals surface area contributed by atoms with E-state index in [9.17, 15) is 0 Å². The van der Waals surface area contributed by atoms with E-state index in [1.165, 1.54) is 0 Å². The lowest BCUT2D eigenvalue weighted by atomic mass is 10.2. The number of nitrogens with zero attached hydrogens (tertiary/aromatic N) is 3. The van der Waals surface area contributed by atoms with E-state index >= 15 is 0 Å². The molecule has 5 heteroatoms. The van der Waals surface area contributed by atoms with E-state index in [1.807, 2.05) is 13.8 Å². The highest BCUT2D eigenvalue weighted by Gasteiger charge is 2.08. The van der Waals surface area contributed by atoms with E-state index in [-0.39, 0.29) is 6.04 Å². The fourth-order valence-corrected chi connectivity index (χ4v) is 1.65. The minimum Gasteiger partial charge on any atom is -0.341 e. The van der Waals surface area contributed by atoms with Gasteiger partial charge in [-0.1, -0.05) is 0 Å². The Balaban J connectivity index is 2.16. The molecule has 0 amide bonds. The van der Waals surface area contributed by atoms with Crippen molar-refractivity contribution in [3.63, 3.8) is 0 Å². The first-order chi connectivity index (χ1) is 8.16. The lowest BCUT2D eigenvalue weighted by Gasteiger charge is -2.02. The van der Waals surface area contributed by atoms with E-state index < -0.39 is 0 Å². The van der Waals surface area contributed by atoms with E-state index in [0.717, 1.165) is 35.7 Å². The van der Waals surface area contributed by atoms with Gasteiger partial charge < -0.3 is 10.7 Å². The molecule has 0 aromatic carbocycles. The lowest BCUT2D eigenvalue weighted by Crippen LogP contribution is -2.15. The van der Waals surface area contributed by atoms with Crippen LogP contribution >= 0.6 is 0 Å². The zero-order valence-electron chi connectivity index (χ0n) is 10.1. The lowest BCUT2D eigenvalue weighted by molar-refractivity contribution is 0.652. The average molecular weight is 231 g/mol. The molecule has 2 aromatic heterocycles. The summed E-state index contributed by atoms with van der Waals surface area (Å²) in [4.78, 5) is 16.1. The Hall–Kier alpha value is -1.75. The number of imidazole rings is 1. The number of hydrogen-bond donors (Lipinski definition) is 2. The van der Waals surface area contributed by atoms with Gasteiger partial charge in [0.25, 0.3) is 0 Å². The summed E-state index contributed by atoms with van der Waals surface area (Å²) >= 11 is 0. The Morgan fingerprint density at radius 2 is 2.06 bits per heavy atom. The molecular formula is C12H17N5. The van der Waals surface area contributed by atoms with Crippen molar-refractivity contribution < 1.29 is 0 Å². The molecule has 0 radical (unpaired) electrons. The van der Waals surface area contributed by atoms with Gasteiger partial charge >= 0.3 is 0 Å². The first-order valence-corrected chi connectivity index (χ1v) is 5.74. The molecule has 3 N–H and O–H groups in total. The van der Waals surface area contributed by atoms with E-state index in [4.69, 9.17) is 5.73 Å². The van der Waals surface area contributed by atoms with Gasteiger partial charge in [-0.2, -0.15) is 0 Å². The minimum absolute atomic E-state index is 0.196. The molecule has 0 aliphatic carbocycles. The number of aromatic amines is 1. The quantitative estimate of drug-likeness (QED) is 0.834. The Morgan fingerprint density at radius 1 is 1.29 bits per heavy atom. The first kappa shape index (κ1) is 11.7. The monoisotopic (exact) mass is 231 g/mol. The molecule has 0 fully saturated rings. The van der Waals surface area contributed by atoms with Crippen molar-refractivity contribution in [2.45, 2.75) is 32.7 Å². The highest BCUT2D eigenvalue weighted by atomic mass is 14.9. The first-order valence-electron chi connectivity index (χ1n) is 5.74. The second kappa shape index (κ2) is 5.05. The zero-order valence-corrected chi connectivity index (χ0v) is 10.1. The standard InChI is InChI=1S/C12H17N5/c1-8(13)3-4-11-16-7-10(17-11)12-9(2)14-5-6-15-12/h5-8H,3-4,13H2,1-2H3,(H,16,17). The maximum absolute atomic E-state index is 5.72. The van der Waals surface area contributed by atoms with Gasteiger partial charge in [0.1, 0.15) is 11.5 Å². The Labute approximate surface area is 101 Å². The smallest absolute Gasteiger partial charge is 0.109 e. The van der Waals surface area contributed by atoms with Crippen LogP contribution in [0.4, 0.5) is 0 Å². The van der Waals surface area contributed by atoms with Crippen molar-refractivity contribution in [2.75, 3.05) is 0 Å². The van der Waals surface area contributed by atoms with Crippen molar-refractivity contribution in [1.29, 1.82) is 0 Å². The average Bonchev–Trinajstić information content (AvgIpc) is 2.75.